The number of carboxylic acids is 1. The Morgan fingerprint density at radius 2 is 2.00 bits per heavy atom. The molecule has 21 heavy (non-hydrogen) atoms. The molecule has 0 saturated carbocycles. The number of urea groups is 1. The van der Waals surface area contributed by atoms with E-state index in [1.54, 1.807) is 0 Å². The number of anilines is 1. The van der Waals surface area contributed by atoms with Crippen LogP contribution in [0.4, 0.5) is 23.7 Å². The first kappa shape index (κ1) is 17.1. The molecular weight excluding hydrogens is 313 g/mol. The minimum absolute atomic E-state index is 0.0653. The van der Waals surface area contributed by atoms with Crippen LogP contribution < -0.4 is 10.6 Å². The molecule has 0 aliphatic heterocycles. The van der Waals surface area contributed by atoms with Crippen molar-refractivity contribution in [2.45, 2.75) is 13.1 Å². The summed E-state index contributed by atoms with van der Waals surface area (Å²) in [7, 11) is 0. The maximum absolute atomic E-state index is 12.5. The third-order valence-corrected chi connectivity index (χ3v) is 2.86. The molecule has 0 bridgehead atoms. The van der Waals surface area contributed by atoms with Crippen LogP contribution in [0.15, 0.2) is 18.2 Å². The molecule has 2 amide bonds. The van der Waals surface area contributed by atoms with Crippen LogP contribution in [0.1, 0.15) is 12.5 Å². The van der Waals surface area contributed by atoms with Crippen molar-refractivity contribution in [3.8, 4) is 0 Å². The van der Waals surface area contributed by atoms with Gasteiger partial charge in [0.15, 0.2) is 0 Å². The Balaban J connectivity index is 2.74. The summed E-state index contributed by atoms with van der Waals surface area (Å²) in [6, 6.07) is 1.66. The molecule has 0 fully saturated rings. The quantitative estimate of drug-likeness (QED) is 0.795. The minimum Gasteiger partial charge on any atom is -0.481 e. The number of carbonyl (C=O) groups is 2. The molecule has 1 aromatic rings. The van der Waals surface area contributed by atoms with Gasteiger partial charge in [-0.15, -0.1) is 0 Å². The van der Waals surface area contributed by atoms with E-state index in [2.05, 4.69) is 10.6 Å². The fourth-order valence-corrected chi connectivity index (χ4v) is 1.46. The molecule has 0 spiro atoms. The third kappa shape index (κ3) is 5.14. The van der Waals surface area contributed by atoms with E-state index in [1.807, 2.05) is 0 Å². The largest absolute Gasteiger partial charge is 0.481 e. The highest BCUT2D eigenvalue weighted by molar-refractivity contribution is 6.33. The molecule has 116 valence electrons. The van der Waals surface area contributed by atoms with Gasteiger partial charge in [0.1, 0.15) is 0 Å². The van der Waals surface area contributed by atoms with E-state index in [1.165, 1.54) is 6.92 Å². The molecule has 0 aliphatic carbocycles. The lowest BCUT2D eigenvalue weighted by molar-refractivity contribution is -0.141. The van der Waals surface area contributed by atoms with Gasteiger partial charge in [0.05, 0.1) is 22.2 Å². The number of carboxylic acid groups (broad SMARTS) is 1. The van der Waals surface area contributed by atoms with Gasteiger partial charge in [-0.3, -0.25) is 4.79 Å². The van der Waals surface area contributed by atoms with Crippen molar-refractivity contribution < 1.29 is 27.9 Å². The zero-order valence-electron chi connectivity index (χ0n) is 10.8. The van der Waals surface area contributed by atoms with Crippen molar-refractivity contribution in [2.75, 3.05) is 11.9 Å². The Morgan fingerprint density at radius 3 is 2.52 bits per heavy atom. The second-order valence-electron chi connectivity index (χ2n) is 4.27. The summed E-state index contributed by atoms with van der Waals surface area (Å²) in [5.41, 5.74) is -1.17. The molecular formula is C12H12ClF3N2O3. The Kier molecular flexibility index (Phi) is 5.42. The van der Waals surface area contributed by atoms with Crippen molar-refractivity contribution in [1.82, 2.24) is 5.32 Å². The number of alkyl halides is 3. The molecule has 0 heterocycles. The van der Waals surface area contributed by atoms with Crippen molar-refractivity contribution in [3.63, 3.8) is 0 Å². The van der Waals surface area contributed by atoms with Gasteiger partial charge in [0.25, 0.3) is 0 Å². The predicted molar refractivity (Wildman–Crippen MR) is 70.3 cm³/mol. The molecule has 9 heteroatoms. The lowest BCUT2D eigenvalue weighted by Crippen LogP contribution is -2.34. The van der Waals surface area contributed by atoms with Gasteiger partial charge in [-0.25, -0.2) is 4.79 Å². The smallest absolute Gasteiger partial charge is 0.416 e. The van der Waals surface area contributed by atoms with Crippen LogP contribution in [-0.4, -0.2) is 23.7 Å². The number of aliphatic carboxylic acids is 1. The molecule has 1 rings (SSSR count). The number of hydrogen-bond acceptors (Lipinski definition) is 2. The van der Waals surface area contributed by atoms with E-state index in [4.69, 9.17) is 16.7 Å². The number of rotatable bonds is 4. The van der Waals surface area contributed by atoms with E-state index in [0.717, 1.165) is 12.1 Å². The van der Waals surface area contributed by atoms with Gasteiger partial charge in [0.2, 0.25) is 0 Å². The van der Waals surface area contributed by atoms with Gasteiger partial charge < -0.3 is 15.7 Å². The maximum Gasteiger partial charge on any atom is 0.416 e. The molecule has 3 N–H and O–H groups in total. The first-order chi connectivity index (χ1) is 9.61. The number of amides is 2. The van der Waals surface area contributed by atoms with E-state index >= 15 is 0 Å². The van der Waals surface area contributed by atoms with Crippen LogP contribution in [0, 0.1) is 5.92 Å². The van der Waals surface area contributed by atoms with Gasteiger partial charge in [0, 0.05) is 6.54 Å². The standard InChI is InChI=1S/C12H12ClF3N2O3/c1-6(10(19)20)5-17-11(21)18-9-4-7(12(14,15)16)2-3-8(9)13/h2-4,6H,5H2,1H3,(H,19,20)(H2,17,18,21). The van der Waals surface area contributed by atoms with Gasteiger partial charge in [-0.1, -0.05) is 18.5 Å². The predicted octanol–water partition coefficient (Wildman–Crippen LogP) is 3.20. The Labute approximate surface area is 123 Å². The average Bonchev–Trinajstić information content (AvgIpc) is 2.37. The molecule has 5 nitrogen and oxygen atoms in total. The SMILES string of the molecule is CC(CNC(=O)Nc1cc(C(F)(F)F)ccc1Cl)C(=O)O. The highest BCUT2D eigenvalue weighted by atomic mass is 35.5. The lowest BCUT2D eigenvalue weighted by Gasteiger charge is -2.13. The fraction of sp³-hybridized carbons (Fsp3) is 0.333. The average molecular weight is 325 g/mol. The van der Waals surface area contributed by atoms with Crippen molar-refractivity contribution in [1.29, 1.82) is 0 Å². The fourth-order valence-electron chi connectivity index (χ4n) is 1.30. The van der Waals surface area contributed by atoms with Crippen LogP contribution in [-0.2, 0) is 11.0 Å². The number of halogens is 4. The number of nitrogens with one attached hydrogen (secondary N) is 2. The summed E-state index contributed by atoms with van der Waals surface area (Å²) in [6.45, 7) is 1.21. The topological polar surface area (TPSA) is 78.4 Å². The van der Waals surface area contributed by atoms with E-state index in [9.17, 15) is 22.8 Å². The Morgan fingerprint density at radius 1 is 1.38 bits per heavy atom. The second kappa shape index (κ2) is 6.66. The molecule has 1 unspecified atom stereocenters. The summed E-state index contributed by atoms with van der Waals surface area (Å²) >= 11 is 5.70. The molecule has 1 atom stereocenters. The van der Waals surface area contributed by atoms with Crippen LogP contribution >= 0.6 is 11.6 Å². The number of hydrogen-bond donors (Lipinski definition) is 3. The van der Waals surface area contributed by atoms with Gasteiger partial charge in [-0.2, -0.15) is 13.2 Å². The molecule has 0 saturated heterocycles. The van der Waals surface area contributed by atoms with Crippen molar-refractivity contribution in [3.05, 3.63) is 28.8 Å². The lowest BCUT2D eigenvalue weighted by atomic mass is 10.2. The maximum atomic E-state index is 12.5. The number of benzene rings is 1. The van der Waals surface area contributed by atoms with Crippen LogP contribution in [0.2, 0.25) is 5.02 Å². The molecule has 0 radical (unpaired) electrons. The third-order valence-electron chi connectivity index (χ3n) is 2.53. The monoisotopic (exact) mass is 324 g/mol. The van der Waals surface area contributed by atoms with Crippen LogP contribution in [0.3, 0.4) is 0 Å². The Bertz CT molecular complexity index is 549. The van der Waals surface area contributed by atoms with Gasteiger partial charge in [-0.05, 0) is 18.2 Å². The summed E-state index contributed by atoms with van der Waals surface area (Å²) in [4.78, 5) is 22.1. The molecule has 0 aromatic heterocycles. The second-order valence-corrected chi connectivity index (χ2v) is 4.67. The first-order valence-electron chi connectivity index (χ1n) is 5.75. The minimum atomic E-state index is -4.56. The van der Waals surface area contributed by atoms with Crippen LogP contribution in [0.5, 0.6) is 0 Å². The molecule has 1 aromatic carbocycles. The summed E-state index contributed by atoms with van der Waals surface area (Å²) in [5.74, 6) is -1.93. The van der Waals surface area contributed by atoms with Crippen molar-refractivity contribution in [2.24, 2.45) is 5.92 Å². The van der Waals surface area contributed by atoms with E-state index in [0.29, 0.717) is 6.07 Å². The highest BCUT2D eigenvalue weighted by Crippen LogP contribution is 2.33. The summed E-state index contributed by atoms with van der Waals surface area (Å²) in [5, 5.41) is 12.9. The summed E-state index contributed by atoms with van der Waals surface area (Å²) < 4.78 is 37.6. The molecule has 0 aliphatic rings. The zero-order valence-corrected chi connectivity index (χ0v) is 11.5. The number of carbonyl (C=O) groups excluding carboxylic acids is 1. The van der Waals surface area contributed by atoms with Crippen LogP contribution in [0.25, 0.3) is 0 Å². The summed E-state index contributed by atoms with van der Waals surface area (Å²) in [6.07, 6.45) is -4.56. The first-order valence-corrected chi connectivity index (χ1v) is 6.13. The normalized spacial score (nSPS) is 12.6. The van der Waals surface area contributed by atoms with E-state index in [-0.39, 0.29) is 17.3 Å². The van der Waals surface area contributed by atoms with E-state index < -0.39 is 29.7 Å². The van der Waals surface area contributed by atoms with Crippen molar-refractivity contribution >= 4 is 29.3 Å². The zero-order chi connectivity index (χ0) is 16.2. The highest BCUT2D eigenvalue weighted by Gasteiger charge is 2.31. The Hall–Kier alpha value is -1.96. The van der Waals surface area contributed by atoms with Gasteiger partial charge >= 0.3 is 18.2 Å².